The summed E-state index contributed by atoms with van der Waals surface area (Å²) in [5.74, 6) is -0.401. The number of likely N-dealkylation sites (N-methyl/N-ethyl adjacent to an activating group) is 1. The van der Waals surface area contributed by atoms with Crippen molar-refractivity contribution in [1.82, 2.24) is 25.2 Å². The lowest BCUT2D eigenvalue weighted by molar-refractivity contribution is -0.115. The second kappa shape index (κ2) is 8.92. The van der Waals surface area contributed by atoms with Gasteiger partial charge in [0, 0.05) is 42.8 Å². The predicted molar refractivity (Wildman–Crippen MR) is 131 cm³/mol. The number of amides is 2. The summed E-state index contributed by atoms with van der Waals surface area (Å²) in [6, 6.07) is 8.31. The van der Waals surface area contributed by atoms with Gasteiger partial charge in [0.25, 0.3) is 11.1 Å². The second-order valence-electron chi connectivity index (χ2n) is 8.12. The van der Waals surface area contributed by atoms with Gasteiger partial charge in [0.1, 0.15) is 6.33 Å². The van der Waals surface area contributed by atoms with Crippen LogP contribution in [0.4, 0.5) is 10.5 Å². The number of carbonyl (C=O) groups is 2. The minimum Gasteiger partial charge on any atom is -0.369 e. The molecule has 0 aliphatic carbocycles. The standard InChI is InChI=1S/C24H24N6O2S/c1-3-29-6-8-30(9-7-29)20-5-4-16(10-15(20)2)22-18-11-17(25-13-19(18)26-14-27-22)12-21-23(31)28-24(32)33-21/h4-5,10-14H,3,6-9H2,1-2H3,(H,28,31,32). The number of carbonyl (C=O) groups excluding carboxylic acids is 2. The van der Waals surface area contributed by atoms with Crippen LogP contribution >= 0.6 is 11.8 Å². The van der Waals surface area contributed by atoms with Crippen molar-refractivity contribution in [1.29, 1.82) is 0 Å². The van der Waals surface area contributed by atoms with Crippen LogP contribution in [0.15, 0.2) is 41.7 Å². The Morgan fingerprint density at radius 1 is 1.09 bits per heavy atom. The number of hydrogen-bond acceptors (Lipinski definition) is 8. The summed E-state index contributed by atoms with van der Waals surface area (Å²) < 4.78 is 0. The van der Waals surface area contributed by atoms with Gasteiger partial charge in [-0.25, -0.2) is 9.97 Å². The molecular weight excluding hydrogens is 436 g/mol. The van der Waals surface area contributed by atoms with Gasteiger partial charge in [-0.1, -0.05) is 13.0 Å². The summed E-state index contributed by atoms with van der Waals surface area (Å²) in [4.78, 5) is 41.9. The first-order valence-corrected chi connectivity index (χ1v) is 11.8. The number of aryl methyl sites for hydroxylation is 1. The number of nitrogens with zero attached hydrogens (tertiary/aromatic N) is 5. The van der Waals surface area contributed by atoms with Crippen molar-refractivity contribution in [2.75, 3.05) is 37.6 Å². The highest BCUT2D eigenvalue weighted by Gasteiger charge is 2.25. The Morgan fingerprint density at radius 2 is 1.91 bits per heavy atom. The van der Waals surface area contributed by atoms with Crippen molar-refractivity contribution in [3.05, 3.63) is 53.0 Å². The summed E-state index contributed by atoms with van der Waals surface area (Å²) in [6.07, 6.45) is 4.83. The van der Waals surface area contributed by atoms with Crippen LogP contribution in [-0.2, 0) is 4.79 Å². The van der Waals surface area contributed by atoms with Gasteiger partial charge in [-0.3, -0.25) is 19.9 Å². The summed E-state index contributed by atoms with van der Waals surface area (Å²) in [5.41, 5.74) is 5.58. The Kier molecular flexibility index (Phi) is 5.82. The van der Waals surface area contributed by atoms with E-state index in [0.717, 1.165) is 66.6 Å². The number of benzene rings is 1. The fraction of sp³-hybridized carbons (Fsp3) is 0.292. The van der Waals surface area contributed by atoms with Gasteiger partial charge in [0.15, 0.2) is 0 Å². The largest absolute Gasteiger partial charge is 0.369 e. The molecule has 0 radical (unpaired) electrons. The van der Waals surface area contributed by atoms with E-state index in [4.69, 9.17) is 0 Å². The summed E-state index contributed by atoms with van der Waals surface area (Å²) in [6.45, 7) is 9.67. The van der Waals surface area contributed by atoms with E-state index in [1.807, 2.05) is 6.07 Å². The third-order valence-electron chi connectivity index (χ3n) is 6.09. The molecule has 8 nitrogen and oxygen atoms in total. The maximum atomic E-state index is 11.9. The maximum absolute atomic E-state index is 11.9. The number of fused-ring (bicyclic) bond motifs is 1. The van der Waals surface area contributed by atoms with Gasteiger partial charge >= 0.3 is 0 Å². The molecular formula is C24H24N6O2S. The Hall–Kier alpha value is -3.30. The Balaban J connectivity index is 1.48. The second-order valence-corrected chi connectivity index (χ2v) is 9.14. The van der Waals surface area contributed by atoms with E-state index in [2.05, 4.69) is 62.1 Å². The van der Waals surface area contributed by atoms with Gasteiger partial charge in [0.2, 0.25) is 0 Å². The minimum absolute atomic E-state index is 0.327. The number of aromatic nitrogens is 3. The molecule has 5 rings (SSSR count). The monoisotopic (exact) mass is 460 g/mol. The normalized spacial score (nSPS) is 18.4. The molecule has 0 spiro atoms. The van der Waals surface area contributed by atoms with E-state index in [0.29, 0.717) is 10.6 Å². The average molecular weight is 461 g/mol. The quantitative estimate of drug-likeness (QED) is 0.592. The lowest BCUT2D eigenvalue weighted by Gasteiger charge is -2.36. The van der Waals surface area contributed by atoms with Crippen molar-refractivity contribution in [3.63, 3.8) is 0 Å². The van der Waals surface area contributed by atoms with Crippen LogP contribution in [0.3, 0.4) is 0 Å². The Labute approximate surface area is 196 Å². The molecule has 0 bridgehead atoms. The van der Waals surface area contributed by atoms with Crippen molar-refractivity contribution in [3.8, 4) is 11.3 Å². The van der Waals surface area contributed by atoms with E-state index in [1.165, 1.54) is 11.3 Å². The van der Waals surface area contributed by atoms with Gasteiger partial charge in [-0.2, -0.15) is 0 Å². The summed E-state index contributed by atoms with van der Waals surface area (Å²) in [5, 5.41) is 2.74. The zero-order chi connectivity index (χ0) is 22.9. The zero-order valence-electron chi connectivity index (χ0n) is 18.5. The number of pyridine rings is 1. The first kappa shape index (κ1) is 21.5. The fourth-order valence-corrected chi connectivity index (χ4v) is 4.97. The average Bonchev–Trinajstić information content (AvgIpc) is 3.15. The van der Waals surface area contributed by atoms with E-state index in [9.17, 15) is 9.59 Å². The SMILES string of the molecule is CCN1CCN(c2ccc(-c3ncnc4cnc(C=C5SC(=O)NC5=O)cc34)cc2C)CC1. The molecule has 2 amide bonds. The molecule has 0 saturated carbocycles. The van der Waals surface area contributed by atoms with Gasteiger partial charge in [-0.05, 0) is 55.1 Å². The van der Waals surface area contributed by atoms with E-state index < -0.39 is 5.91 Å². The molecule has 3 aromatic rings. The highest BCUT2D eigenvalue weighted by Crippen LogP contribution is 2.31. The Morgan fingerprint density at radius 3 is 2.61 bits per heavy atom. The molecule has 168 valence electrons. The fourth-order valence-electron chi connectivity index (χ4n) is 4.30. The van der Waals surface area contributed by atoms with Gasteiger partial charge in [-0.15, -0.1) is 0 Å². The molecule has 9 heteroatoms. The van der Waals surface area contributed by atoms with Gasteiger partial charge in [0.05, 0.1) is 28.0 Å². The lowest BCUT2D eigenvalue weighted by Crippen LogP contribution is -2.46. The summed E-state index contributed by atoms with van der Waals surface area (Å²) in [7, 11) is 0. The van der Waals surface area contributed by atoms with E-state index in [1.54, 1.807) is 18.6 Å². The van der Waals surface area contributed by atoms with Gasteiger partial charge < -0.3 is 9.80 Å². The van der Waals surface area contributed by atoms with Crippen molar-refractivity contribution in [2.24, 2.45) is 0 Å². The molecule has 0 unspecified atom stereocenters. The van der Waals surface area contributed by atoms with Crippen LogP contribution < -0.4 is 10.2 Å². The molecule has 2 aromatic heterocycles. The van der Waals surface area contributed by atoms with Crippen LogP contribution in [0.25, 0.3) is 28.2 Å². The molecule has 1 aromatic carbocycles. The lowest BCUT2D eigenvalue weighted by atomic mass is 10.0. The number of anilines is 1. The minimum atomic E-state index is -0.401. The first-order valence-electron chi connectivity index (χ1n) is 11.0. The number of piperazine rings is 1. The molecule has 2 fully saturated rings. The number of hydrogen-bond donors (Lipinski definition) is 1. The molecule has 4 heterocycles. The van der Waals surface area contributed by atoms with Crippen molar-refractivity contribution < 1.29 is 9.59 Å². The number of nitrogens with one attached hydrogen (secondary N) is 1. The van der Waals surface area contributed by atoms with Crippen LogP contribution in [-0.4, -0.2) is 63.7 Å². The highest BCUT2D eigenvalue weighted by molar-refractivity contribution is 8.18. The molecule has 2 saturated heterocycles. The number of rotatable bonds is 4. The third kappa shape index (κ3) is 4.34. The first-order chi connectivity index (χ1) is 16.0. The topological polar surface area (TPSA) is 91.3 Å². The molecule has 2 aliphatic rings. The molecule has 2 aliphatic heterocycles. The van der Waals surface area contributed by atoms with Crippen LogP contribution in [0.1, 0.15) is 18.2 Å². The van der Waals surface area contributed by atoms with Crippen molar-refractivity contribution in [2.45, 2.75) is 13.8 Å². The van der Waals surface area contributed by atoms with E-state index >= 15 is 0 Å². The Bertz CT molecular complexity index is 1280. The smallest absolute Gasteiger partial charge is 0.290 e. The van der Waals surface area contributed by atoms with Crippen LogP contribution in [0.2, 0.25) is 0 Å². The molecule has 33 heavy (non-hydrogen) atoms. The van der Waals surface area contributed by atoms with Crippen LogP contribution in [0, 0.1) is 6.92 Å². The zero-order valence-corrected chi connectivity index (χ0v) is 19.4. The van der Waals surface area contributed by atoms with Crippen molar-refractivity contribution >= 4 is 45.6 Å². The van der Waals surface area contributed by atoms with Crippen LogP contribution in [0.5, 0.6) is 0 Å². The highest BCUT2D eigenvalue weighted by atomic mass is 32.2. The third-order valence-corrected chi connectivity index (χ3v) is 6.90. The number of imide groups is 1. The number of thioether (sulfide) groups is 1. The summed E-state index contributed by atoms with van der Waals surface area (Å²) >= 11 is 0.876. The molecule has 1 N–H and O–H groups in total. The van der Waals surface area contributed by atoms with E-state index in [-0.39, 0.29) is 5.24 Å². The maximum Gasteiger partial charge on any atom is 0.290 e. The molecule has 0 atom stereocenters. The predicted octanol–water partition coefficient (Wildman–Crippen LogP) is 3.47.